The molecule has 0 saturated carbocycles. The zero-order chi connectivity index (χ0) is 16.1. The third-order valence-electron chi connectivity index (χ3n) is 4.68. The van der Waals surface area contributed by atoms with Gasteiger partial charge in [-0.2, -0.15) is 0 Å². The van der Waals surface area contributed by atoms with Crippen molar-refractivity contribution < 1.29 is 9.90 Å². The number of aromatic nitrogens is 2. The van der Waals surface area contributed by atoms with Crippen LogP contribution >= 0.6 is 0 Å². The van der Waals surface area contributed by atoms with E-state index in [2.05, 4.69) is 26.3 Å². The van der Waals surface area contributed by atoms with Crippen molar-refractivity contribution >= 4 is 11.7 Å². The fraction of sp³-hybridized carbons (Fsp3) is 0.588. The summed E-state index contributed by atoms with van der Waals surface area (Å²) in [5.41, 5.74) is 1.25. The van der Waals surface area contributed by atoms with Crippen molar-refractivity contribution in [3.63, 3.8) is 0 Å². The van der Waals surface area contributed by atoms with Crippen LogP contribution in [0.25, 0.3) is 0 Å². The van der Waals surface area contributed by atoms with Crippen LogP contribution in [0.2, 0.25) is 0 Å². The second-order valence-corrected chi connectivity index (χ2v) is 6.37. The molecule has 0 aromatic carbocycles. The molecule has 2 heterocycles. The van der Waals surface area contributed by atoms with Crippen molar-refractivity contribution in [1.82, 2.24) is 15.3 Å². The van der Waals surface area contributed by atoms with Crippen LogP contribution in [0, 0.1) is 5.92 Å². The molecular weight excluding hydrogens is 292 g/mol. The minimum atomic E-state index is -0.0355. The number of hydrogen-bond donors (Lipinski definition) is 2. The molecule has 1 aromatic rings. The monoisotopic (exact) mass is 316 g/mol. The number of aliphatic hydroxyl groups is 1. The minimum Gasteiger partial charge on any atom is -0.396 e. The first-order valence-electron chi connectivity index (χ1n) is 8.35. The van der Waals surface area contributed by atoms with E-state index in [0.717, 1.165) is 18.7 Å². The molecule has 0 spiro atoms. The Labute approximate surface area is 136 Å². The van der Waals surface area contributed by atoms with Crippen LogP contribution in [0.15, 0.2) is 30.2 Å². The van der Waals surface area contributed by atoms with E-state index in [1.165, 1.54) is 24.7 Å². The second kappa shape index (κ2) is 7.55. The van der Waals surface area contributed by atoms with Crippen molar-refractivity contribution in [3.05, 3.63) is 30.2 Å². The van der Waals surface area contributed by atoms with Crippen LogP contribution in [-0.4, -0.2) is 46.7 Å². The van der Waals surface area contributed by atoms with Gasteiger partial charge in [0, 0.05) is 38.2 Å². The number of allylic oxidation sites excluding steroid dienone is 1. The summed E-state index contributed by atoms with van der Waals surface area (Å²) in [6.07, 6.45) is 10.5. The third-order valence-corrected chi connectivity index (χ3v) is 4.68. The van der Waals surface area contributed by atoms with Crippen molar-refractivity contribution in [2.24, 2.45) is 5.92 Å². The van der Waals surface area contributed by atoms with Gasteiger partial charge in [0.1, 0.15) is 12.1 Å². The number of hydrogen-bond acceptors (Lipinski definition) is 5. The Kier molecular flexibility index (Phi) is 5.23. The fourth-order valence-electron chi connectivity index (χ4n) is 3.41. The van der Waals surface area contributed by atoms with Crippen LogP contribution in [-0.2, 0) is 4.79 Å². The molecule has 6 nitrogen and oxygen atoms in total. The number of anilines is 1. The van der Waals surface area contributed by atoms with E-state index in [0.29, 0.717) is 19.5 Å². The minimum absolute atomic E-state index is 0.0355. The highest BCUT2D eigenvalue weighted by Crippen LogP contribution is 2.23. The van der Waals surface area contributed by atoms with Crippen molar-refractivity contribution in [1.29, 1.82) is 0 Å². The Morgan fingerprint density at radius 3 is 3.00 bits per heavy atom. The number of rotatable bonds is 5. The number of aliphatic hydroxyl groups excluding tert-OH is 1. The van der Waals surface area contributed by atoms with Crippen LogP contribution in [0.5, 0.6) is 0 Å². The van der Waals surface area contributed by atoms with Crippen molar-refractivity contribution in [2.75, 3.05) is 24.6 Å². The van der Waals surface area contributed by atoms with Gasteiger partial charge in [0.2, 0.25) is 5.91 Å². The number of amides is 1. The molecule has 1 aliphatic carbocycles. The molecule has 0 unspecified atom stereocenters. The van der Waals surface area contributed by atoms with Gasteiger partial charge >= 0.3 is 0 Å². The molecule has 1 aromatic heterocycles. The predicted octanol–water partition coefficient (Wildman–Crippen LogP) is 1.28. The second-order valence-electron chi connectivity index (χ2n) is 6.37. The predicted molar refractivity (Wildman–Crippen MR) is 87.9 cm³/mol. The Balaban J connectivity index is 1.58. The third kappa shape index (κ3) is 4.07. The normalized spacial score (nSPS) is 24.4. The summed E-state index contributed by atoms with van der Waals surface area (Å²) >= 11 is 0. The van der Waals surface area contributed by atoms with Gasteiger partial charge in [-0.1, -0.05) is 11.6 Å². The first-order valence-corrected chi connectivity index (χ1v) is 8.35. The summed E-state index contributed by atoms with van der Waals surface area (Å²) in [5.74, 6) is 0.936. The number of carbonyl (C=O) groups excluding carboxylic acids is 1. The fourth-order valence-corrected chi connectivity index (χ4v) is 3.41. The van der Waals surface area contributed by atoms with E-state index in [1.807, 2.05) is 6.07 Å². The molecular formula is C17H24N4O2. The number of carbonyl (C=O) groups is 1. The van der Waals surface area contributed by atoms with Crippen LogP contribution in [0.4, 0.5) is 5.82 Å². The van der Waals surface area contributed by atoms with Gasteiger partial charge in [-0.3, -0.25) is 4.79 Å². The van der Waals surface area contributed by atoms with Gasteiger partial charge in [0.25, 0.3) is 0 Å². The lowest BCUT2D eigenvalue weighted by Gasteiger charge is -2.19. The quantitative estimate of drug-likeness (QED) is 0.800. The highest BCUT2D eigenvalue weighted by Gasteiger charge is 2.34. The first-order chi connectivity index (χ1) is 11.3. The van der Waals surface area contributed by atoms with E-state index in [-0.39, 0.29) is 24.5 Å². The molecule has 0 radical (unpaired) electrons. The standard InChI is InChI=1S/C17H24N4O2/c22-11-14-9-21(16-6-7-18-12-19-16)10-15(14)20-17(23)8-13-4-2-1-3-5-13/h4,6-7,12,14-15,22H,1-3,5,8-11H2,(H,20,23)/t14-,15+/m0/s1. The summed E-state index contributed by atoms with van der Waals surface area (Å²) in [5, 5.41) is 12.7. The first kappa shape index (κ1) is 15.9. The van der Waals surface area contributed by atoms with E-state index in [4.69, 9.17) is 0 Å². The maximum absolute atomic E-state index is 12.3. The van der Waals surface area contributed by atoms with Crippen LogP contribution in [0.1, 0.15) is 32.1 Å². The van der Waals surface area contributed by atoms with Crippen LogP contribution in [0.3, 0.4) is 0 Å². The lowest BCUT2D eigenvalue weighted by Crippen LogP contribution is -2.41. The van der Waals surface area contributed by atoms with E-state index in [9.17, 15) is 9.90 Å². The van der Waals surface area contributed by atoms with Gasteiger partial charge in [0.15, 0.2) is 0 Å². The summed E-state index contributed by atoms with van der Waals surface area (Å²) in [6, 6.07) is 1.82. The van der Waals surface area contributed by atoms with Crippen LogP contribution < -0.4 is 10.2 Å². The van der Waals surface area contributed by atoms with E-state index < -0.39 is 0 Å². The van der Waals surface area contributed by atoms with E-state index >= 15 is 0 Å². The zero-order valence-corrected chi connectivity index (χ0v) is 13.3. The Morgan fingerprint density at radius 1 is 1.39 bits per heavy atom. The average Bonchev–Trinajstić information content (AvgIpc) is 2.99. The highest BCUT2D eigenvalue weighted by atomic mass is 16.3. The van der Waals surface area contributed by atoms with Gasteiger partial charge in [-0.05, 0) is 31.7 Å². The largest absolute Gasteiger partial charge is 0.396 e. The van der Waals surface area contributed by atoms with Gasteiger partial charge < -0.3 is 15.3 Å². The molecule has 2 aliphatic rings. The summed E-state index contributed by atoms with van der Waals surface area (Å²) < 4.78 is 0. The zero-order valence-electron chi connectivity index (χ0n) is 13.3. The lowest BCUT2D eigenvalue weighted by molar-refractivity contribution is -0.121. The van der Waals surface area contributed by atoms with Gasteiger partial charge in [-0.25, -0.2) is 9.97 Å². The molecule has 1 saturated heterocycles. The molecule has 1 fully saturated rings. The van der Waals surface area contributed by atoms with Gasteiger partial charge in [-0.15, -0.1) is 0 Å². The molecule has 2 atom stereocenters. The van der Waals surface area contributed by atoms with E-state index in [1.54, 1.807) is 6.20 Å². The Bertz CT molecular complexity index is 561. The maximum atomic E-state index is 12.3. The molecule has 6 heteroatoms. The average molecular weight is 316 g/mol. The maximum Gasteiger partial charge on any atom is 0.224 e. The smallest absolute Gasteiger partial charge is 0.224 e. The van der Waals surface area contributed by atoms with Crippen molar-refractivity contribution in [2.45, 2.75) is 38.1 Å². The summed E-state index contributed by atoms with van der Waals surface area (Å²) in [4.78, 5) is 22.6. The molecule has 124 valence electrons. The summed E-state index contributed by atoms with van der Waals surface area (Å²) in [7, 11) is 0. The summed E-state index contributed by atoms with van der Waals surface area (Å²) in [6.45, 7) is 1.43. The molecule has 0 bridgehead atoms. The van der Waals surface area contributed by atoms with Gasteiger partial charge in [0.05, 0.1) is 6.04 Å². The molecule has 23 heavy (non-hydrogen) atoms. The molecule has 1 amide bonds. The SMILES string of the molecule is O=C(CC1=CCCCC1)N[C@@H]1CN(c2ccncn2)C[C@H]1CO. The number of nitrogens with one attached hydrogen (secondary N) is 1. The van der Waals surface area contributed by atoms with Crippen molar-refractivity contribution in [3.8, 4) is 0 Å². The Hall–Kier alpha value is -1.95. The molecule has 3 rings (SSSR count). The highest BCUT2D eigenvalue weighted by molar-refractivity contribution is 5.79. The number of nitrogens with zero attached hydrogens (tertiary/aromatic N) is 3. The molecule has 2 N–H and O–H groups in total. The topological polar surface area (TPSA) is 78.4 Å². The molecule has 1 aliphatic heterocycles. The lowest BCUT2D eigenvalue weighted by atomic mass is 9.96. The Morgan fingerprint density at radius 2 is 2.30 bits per heavy atom.